The van der Waals surface area contributed by atoms with Crippen molar-refractivity contribution in [1.82, 2.24) is 30.0 Å². The second-order valence-electron chi connectivity index (χ2n) is 7.35. The molecule has 0 spiro atoms. The van der Waals surface area contributed by atoms with E-state index in [1.165, 1.54) is 13.3 Å². The number of nitrogens with one attached hydrogen (secondary N) is 3. The Kier molecular flexibility index (Phi) is 6.35. The fourth-order valence-electron chi connectivity index (χ4n) is 3.32. The van der Waals surface area contributed by atoms with Crippen molar-refractivity contribution in [3.63, 3.8) is 0 Å². The van der Waals surface area contributed by atoms with Crippen molar-refractivity contribution >= 4 is 28.9 Å². The summed E-state index contributed by atoms with van der Waals surface area (Å²) < 4.78 is 20.7. The molecule has 0 bridgehead atoms. The van der Waals surface area contributed by atoms with Gasteiger partial charge in [-0.25, -0.2) is 19.3 Å². The number of ether oxygens (including phenoxy) is 1. The zero-order valence-corrected chi connectivity index (χ0v) is 19.0. The highest BCUT2D eigenvalue weighted by Gasteiger charge is 2.18. The quantitative estimate of drug-likeness (QED) is 0.381. The van der Waals surface area contributed by atoms with Gasteiger partial charge in [0.25, 0.3) is 5.91 Å². The van der Waals surface area contributed by atoms with Crippen molar-refractivity contribution in [1.29, 1.82) is 0 Å². The zero-order chi connectivity index (χ0) is 24.2. The summed E-state index contributed by atoms with van der Waals surface area (Å²) in [5.41, 5.74) is 2.91. The standard InChI is InChI=1S/C23H23FN8O2/c1-13-8-20(31-32(13)3)30-19-9-18(16(12-26-19)23(33)25-2)29-17-7-5-6-15(21(17)34-4)22-27-10-14(24)11-28-22/h5-12H,1-4H3,(H,25,33)(H2,26,29,30,31). The maximum atomic E-state index is 13.3. The number of hydrogen-bond acceptors (Lipinski definition) is 8. The molecule has 0 atom stereocenters. The summed E-state index contributed by atoms with van der Waals surface area (Å²) in [6.07, 6.45) is 3.65. The number of carbonyl (C=O) groups is 1. The van der Waals surface area contributed by atoms with Gasteiger partial charge >= 0.3 is 0 Å². The first kappa shape index (κ1) is 22.6. The Balaban J connectivity index is 1.73. The monoisotopic (exact) mass is 462 g/mol. The smallest absolute Gasteiger partial charge is 0.254 e. The Hall–Kier alpha value is -4.54. The van der Waals surface area contributed by atoms with E-state index in [9.17, 15) is 9.18 Å². The Bertz CT molecular complexity index is 1320. The van der Waals surface area contributed by atoms with E-state index in [1.807, 2.05) is 20.0 Å². The van der Waals surface area contributed by atoms with Gasteiger partial charge in [-0.15, -0.1) is 0 Å². The van der Waals surface area contributed by atoms with Crippen molar-refractivity contribution in [2.24, 2.45) is 7.05 Å². The predicted octanol–water partition coefficient (Wildman–Crippen LogP) is 3.58. The number of amides is 1. The average Bonchev–Trinajstić information content (AvgIpc) is 3.15. The minimum atomic E-state index is -0.535. The van der Waals surface area contributed by atoms with E-state index in [4.69, 9.17) is 4.74 Å². The van der Waals surface area contributed by atoms with Gasteiger partial charge in [0.1, 0.15) is 5.82 Å². The highest BCUT2D eigenvalue weighted by atomic mass is 19.1. The molecule has 10 nitrogen and oxygen atoms in total. The molecule has 174 valence electrons. The number of methoxy groups -OCH3 is 1. The Morgan fingerprint density at radius 3 is 2.44 bits per heavy atom. The molecule has 0 aliphatic heterocycles. The number of para-hydroxylation sites is 1. The van der Waals surface area contributed by atoms with Crippen LogP contribution in [0.15, 0.2) is 48.9 Å². The van der Waals surface area contributed by atoms with Crippen LogP contribution in [-0.4, -0.2) is 44.8 Å². The summed E-state index contributed by atoms with van der Waals surface area (Å²) in [7, 11) is 4.90. The van der Waals surface area contributed by atoms with Crippen LogP contribution >= 0.6 is 0 Å². The van der Waals surface area contributed by atoms with E-state index < -0.39 is 5.82 Å². The Morgan fingerprint density at radius 1 is 1.03 bits per heavy atom. The lowest BCUT2D eigenvalue weighted by Gasteiger charge is -2.17. The van der Waals surface area contributed by atoms with Gasteiger partial charge in [0.15, 0.2) is 23.2 Å². The fourth-order valence-corrected chi connectivity index (χ4v) is 3.32. The molecule has 34 heavy (non-hydrogen) atoms. The number of aryl methyl sites for hydroxylation is 2. The number of benzene rings is 1. The lowest BCUT2D eigenvalue weighted by molar-refractivity contribution is 0.0963. The summed E-state index contributed by atoms with van der Waals surface area (Å²) in [5, 5.41) is 13.4. The molecule has 4 rings (SSSR count). The largest absolute Gasteiger partial charge is 0.494 e. The molecular weight excluding hydrogens is 439 g/mol. The SMILES string of the molecule is CNC(=O)c1cnc(Nc2cc(C)n(C)n2)cc1Nc1cccc(-c2ncc(F)cn2)c1OC. The highest BCUT2D eigenvalue weighted by Crippen LogP contribution is 2.37. The van der Waals surface area contributed by atoms with Crippen molar-refractivity contribution in [2.45, 2.75) is 6.92 Å². The molecule has 4 aromatic rings. The molecule has 3 heterocycles. The lowest BCUT2D eigenvalue weighted by Crippen LogP contribution is -2.19. The van der Waals surface area contributed by atoms with Crippen molar-refractivity contribution in [3.8, 4) is 17.1 Å². The molecule has 3 aromatic heterocycles. The van der Waals surface area contributed by atoms with Gasteiger partial charge in [-0.2, -0.15) is 5.10 Å². The second kappa shape index (κ2) is 9.53. The molecule has 0 radical (unpaired) electrons. The van der Waals surface area contributed by atoms with E-state index in [1.54, 1.807) is 36.0 Å². The number of aromatic nitrogens is 5. The van der Waals surface area contributed by atoms with E-state index in [0.29, 0.717) is 45.7 Å². The molecule has 0 fully saturated rings. The van der Waals surface area contributed by atoms with Crippen LogP contribution in [-0.2, 0) is 7.05 Å². The summed E-state index contributed by atoms with van der Waals surface area (Å²) >= 11 is 0. The molecule has 0 unspecified atom stereocenters. The Morgan fingerprint density at radius 2 is 1.79 bits per heavy atom. The Labute approximate surface area is 195 Å². The van der Waals surface area contributed by atoms with Crippen LogP contribution in [0.5, 0.6) is 5.75 Å². The maximum Gasteiger partial charge on any atom is 0.254 e. The van der Waals surface area contributed by atoms with Crippen LogP contribution in [0.1, 0.15) is 16.1 Å². The third-order valence-electron chi connectivity index (χ3n) is 5.10. The normalized spacial score (nSPS) is 10.6. The molecule has 3 N–H and O–H groups in total. The van der Waals surface area contributed by atoms with Crippen LogP contribution in [0.25, 0.3) is 11.4 Å². The highest BCUT2D eigenvalue weighted by molar-refractivity contribution is 6.00. The lowest BCUT2D eigenvalue weighted by atomic mass is 10.1. The van der Waals surface area contributed by atoms with Gasteiger partial charge in [0.05, 0.1) is 42.0 Å². The average molecular weight is 462 g/mol. The summed E-state index contributed by atoms with van der Waals surface area (Å²) in [4.78, 5) is 24.9. The fraction of sp³-hybridized carbons (Fsp3) is 0.174. The number of anilines is 4. The number of rotatable bonds is 7. The first-order valence-electron chi connectivity index (χ1n) is 10.3. The third-order valence-corrected chi connectivity index (χ3v) is 5.10. The molecule has 0 aliphatic carbocycles. The summed E-state index contributed by atoms with van der Waals surface area (Å²) in [6, 6.07) is 8.92. The first-order chi connectivity index (χ1) is 16.4. The van der Waals surface area contributed by atoms with Crippen LogP contribution in [0.4, 0.5) is 27.4 Å². The molecule has 0 aliphatic rings. The van der Waals surface area contributed by atoms with Crippen molar-refractivity contribution < 1.29 is 13.9 Å². The van der Waals surface area contributed by atoms with E-state index in [0.717, 1.165) is 18.1 Å². The first-order valence-corrected chi connectivity index (χ1v) is 10.3. The van der Waals surface area contributed by atoms with E-state index in [-0.39, 0.29) is 5.91 Å². The minimum absolute atomic E-state index is 0.302. The molecule has 0 saturated carbocycles. The van der Waals surface area contributed by atoms with Crippen LogP contribution < -0.4 is 20.7 Å². The number of hydrogen-bond donors (Lipinski definition) is 3. The van der Waals surface area contributed by atoms with Gasteiger partial charge in [0.2, 0.25) is 0 Å². The van der Waals surface area contributed by atoms with Gasteiger partial charge < -0.3 is 20.7 Å². The minimum Gasteiger partial charge on any atom is -0.494 e. The number of pyridine rings is 1. The van der Waals surface area contributed by atoms with Gasteiger partial charge in [-0.05, 0) is 19.1 Å². The third kappa shape index (κ3) is 4.63. The summed E-state index contributed by atoms with van der Waals surface area (Å²) in [6.45, 7) is 1.94. The molecule has 11 heteroatoms. The van der Waals surface area contributed by atoms with Gasteiger partial charge in [-0.3, -0.25) is 9.48 Å². The predicted molar refractivity (Wildman–Crippen MR) is 126 cm³/mol. The number of nitrogens with zero attached hydrogens (tertiary/aromatic N) is 5. The number of halogens is 1. The molecule has 1 aromatic carbocycles. The van der Waals surface area contributed by atoms with E-state index in [2.05, 4.69) is 36.0 Å². The topological polar surface area (TPSA) is 119 Å². The van der Waals surface area contributed by atoms with Crippen molar-refractivity contribution in [2.75, 3.05) is 24.8 Å². The van der Waals surface area contributed by atoms with Crippen molar-refractivity contribution in [3.05, 3.63) is 66.0 Å². The van der Waals surface area contributed by atoms with Gasteiger partial charge in [-0.1, -0.05) is 6.07 Å². The second-order valence-corrected chi connectivity index (χ2v) is 7.35. The zero-order valence-electron chi connectivity index (χ0n) is 19.0. The molecule has 1 amide bonds. The number of carbonyl (C=O) groups excluding carboxylic acids is 1. The van der Waals surface area contributed by atoms with E-state index >= 15 is 0 Å². The molecular formula is C23H23FN8O2. The summed E-state index contributed by atoms with van der Waals surface area (Å²) in [5.74, 6) is 1.00. The van der Waals surface area contributed by atoms with Crippen LogP contribution in [0, 0.1) is 12.7 Å². The molecule has 0 saturated heterocycles. The van der Waals surface area contributed by atoms with Gasteiger partial charge in [0, 0.05) is 38.1 Å². The van der Waals surface area contributed by atoms with Crippen LogP contribution in [0.2, 0.25) is 0 Å². The van der Waals surface area contributed by atoms with Crippen LogP contribution in [0.3, 0.4) is 0 Å². The maximum absolute atomic E-state index is 13.3.